The standard InChI is InChI=1S/C14H19NO3S2.ClH/c1-10(16)19-8-12-3-4-14(18-6-5-15)7-13(12)9-20-11(2)17;/h3-4,7H,5-6,8-9,15H2,1-2H3;1H. The zero-order valence-electron chi connectivity index (χ0n) is 12.1. The van der Waals surface area contributed by atoms with Gasteiger partial charge in [0.25, 0.3) is 0 Å². The third-order valence-electron chi connectivity index (χ3n) is 2.43. The molecule has 1 aromatic carbocycles. The number of carbonyl (C=O) groups is 2. The fourth-order valence-corrected chi connectivity index (χ4v) is 2.77. The van der Waals surface area contributed by atoms with E-state index in [0.717, 1.165) is 16.9 Å². The van der Waals surface area contributed by atoms with E-state index in [9.17, 15) is 9.59 Å². The second-order valence-electron chi connectivity index (χ2n) is 4.13. The third-order valence-corrected chi connectivity index (χ3v) is 4.15. The number of nitrogens with two attached hydrogens (primary N) is 1. The van der Waals surface area contributed by atoms with E-state index in [1.807, 2.05) is 18.2 Å². The third kappa shape index (κ3) is 8.36. The molecule has 0 fully saturated rings. The van der Waals surface area contributed by atoms with Gasteiger partial charge in [-0.25, -0.2) is 0 Å². The van der Waals surface area contributed by atoms with E-state index in [4.69, 9.17) is 10.5 Å². The van der Waals surface area contributed by atoms with Gasteiger partial charge in [0.2, 0.25) is 0 Å². The summed E-state index contributed by atoms with van der Waals surface area (Å²) in [6.45, 7) is 4.01. The van der Waals surface area contributed by atoms with Crippen LogP contribution in [-0.2, 0) is 21.1 Å². The molecular formula is C14H20ClNO3S2. The minimum Gasteiger partial charge on any atom is -0.492 e. The largest absolute Gasteiger partial charge is 0.492 e. The van der Waals surface area contributed by atoms with Gasteiger partial charge in [0.15, 0.2) is 10.2 Å². The minimum atomic E-state index is 0. The molecule has 0 aliphatic carbocycles. The molecule has 0 unspecified atom stereocenters. The molecule has 2 N–H and O–H groups in total. The van der Waals surface area contributed by atoms with Crippen LogP contribution >= 0.6 is 35.9 Å². The van der Waals surface area contributed by atoms with E-state index in [0.29, 0.717) is 24.7 Å². The highest BCUT2D eigenvalue weighted by atomic mass is 35.5. The number of rotatable bonds is 7. The molecule has 118 valence electrons. The topological polar surface area (TPSA) is 69.4 Å². The Morgan fingerprint density at radius 3 is 2.19 bits per heavy atom. The van der Waals surface area contributed by atoms with Crippen LogP contribution < -0.4 is 10.5 Å². The molecule has 0 aliphatic heterocycles. The lowest BCUT2D eigenvalue weighted by Gasteiger charge is -2.11. The van der Waals surface area contributed by atoms with Crippen LogP contribution in [0.2, 0.25) is 0 Å². The van der Waals surface area contributed by atoms with Crippen molar-refractivity contribution >= 4 is 46.2 Å². The fourth-order valence-electron chi connectivity index (χ4n) is 1.50. The molecule has 0 radical (unpaired) electrons. The highest BCUT2D eigenvalue weighted by Gasteiger charge is 2.08. The number of hydrogen-bond acceptors (Lipinski definition) is 6. The number of thioether (sulfide) groups is 2. The van der Waals surface area contributed by atoms with Crippen molar-refractivity contribution in [2.75, 3.05) is 13.2 Å². The van der Waals surface area contributed by atoms with E-state index < -0.39 is 0 Å². The molecule has 0 aliphatic rings. The molecule has 7 heteroatoms. The Kier molecular flexibility index (Phi) is 10.6. The molecule has 4 nitrogen and oxygen atoms in total. The van der Waals surface area contributed by atoms with Crippen molar-refractivity contribution < 1.29 is 14.3 Å². The van der Waals surface area contributed by atoms with Crippen LogP contribution in [0, 0.1) is 0 Å². The zero-order chi connectivity index (χ0) is 15.0. The SMILES string of the molecule is CC(=O)SCc1ccc(OCCN)cc1CSC(C)=O.Cl. The Morgan fingerprint density at radius 1 is 1.10 bits per heavy atom. The van der Waals surface area contributed by atoms with Crippen LogP contribution in [0.1, 0.15) is 25.0 Å². The number of carbonyl (C=O) groups excluding carboxylic acids is 2. The van der Waals surface area contributed by atoms with Gasteiger partial charge >= 0.3 is 0 Å². The molecule has 0 saturated heterocycles. The molecule has 0 amide bonds. The quantitative estimate of drug-likeness (QED) is 0.816. The monoisotopic (exact) mass is 349 g/mol. The molecule has 0 bridgehead atoms. The highest BCUT2D eigenvalue weighted by Crippen LogP contribution is 2.26. The van der Waals surface area contributed by atoms with E-state index in [1.165, 1.54) is 23.5 Å². The Morgan fingerprint density at radius 2 is 1.67 bits per heavy atom. The van der Waals surface area contributed by atoms with Gasteiger partial charge in [-0.3, -0.25) is 9.59 Å². The normalized spacial score (nSPS) is 9.86. The van der Waals surface area contributed by atoms with Crippen molar-refractivity contribution in [2.24, 2.45) is 5.73 Å². The number of hydrogen-bond donors (Lipinski definition) is 1. The first-order valence-electron chi connectivity index (χ1n) is 6.24. The molecule has 1 rings (SSSR count). The smallest absolute Gasteiger partial charge is 0.186 e. The summed E-state index contributed by atoms with van der Waals surface area (Å²) < 4.78 is 5.49. The summed E-state index contributed by atoms with van der Waals surface area (Å²) in [6, 6.07) is 5.73. The van der Waals surface area contributed by atoms with Crippen molar-refractivity contribution in [1.82, 2.24) is 0 Å². The molecule has 0 heterocycles. The van der Waals surface area contributed by atoms with Gasteiger partial charge in [0.1, 0.15) is 12.4 Å². The molecule has 0 saturated carbocycles. The lowest BCUT2D eigenvalue weighted by Crippen LogP contribution is -2.10. The molecule has 0 atom stereocenters. The summed E-state index contributed by atoms with van der Waals surface area (Å²) in [4.78, 5) is 22.2. The zero-order valence-corrected chi connectivity index (χ0v) is 14.5. The average molecular weight is 350 g/mol. The van der Waals surface area contributed by atoms with Gasteiger partial charge < -0.3 is 10.5 Å². The van der Waals surface area contributed by atoms with Crippen LogP contribution in [-0.4, -0.2) is 23.4 Å². The van der Waals surface area contributed by atoms with Crippen LogP contribution in [0.25, 0.3) is 0 Å². The van der Waals surface area contributed by atoms with Crippen molar-refractivity contribution in [3.05, 3.63) is 29.3 Å². The first kappa shape index (κ1) is 20.3. The van der Waals surface area contributed by atoms with Crippen molar-refractivity contribution in [2.45, 2.75) is 25.4 Å². The van der Waals surface area contributed by atoms with Crippen molar-refractivity contribution in [3.8, 4) is 5.75 Å². The second-order valence-corrected chi connectivity index (χ2v) is 6.43. The van der Waals surface area contributed by atoms with Crippen LogP contribution in [0.4, 0.5) is 0 Å². The number of ether oxygens (including phenoxy) is 1. The van der Waals surface area contributed by atoms with Crippen LogP contribution in [0.5, 0.6) is 5.75 Å². The summed E-state index contributed by atoms with van der Waals surface area (Å²) in [7, 11) is 0. The Hall–Kier alpha value is -0.690. The molecule has 21 heavy (non-hydrogen) atoms. The maximum atomic E-state index is 11.1. The van der Waals surface area contributed by atoms with E-state index >= 15 is 0 Å². The van der Waals surface area contributed by atoms with Gasteiger partial charge in [0.05, 0.1) is 0 Å². The number of halogens is 1. The minimum absolute atomic E-state index is 0. The average Bonchev–Trinajstić information content (AvgIpc) is 2.41. The number of benzene rings is 1. The first-order valence-corrected chi connectivity index (χ1v) is 8.21. The molecule has 1 aromatic rings. The second kappa shape index (κ2) is 11.0. The van der Waals surface area contributed by atoms with Gasteiger partial charge in [0, 0.05) is 31.9 Å². The van der Waals surface area contributed by atoms with Gasteiger partial charge in [-0.1, -0.05) is 29.6 Å². The summed E-state index contributed by atoms with van der Waals surface area (Å²) >= 11 is 2.51. The van der Waals surface area contributed by atoms with E-state index in [2.05, 4.69) is 0 Å². The van der Waals surface area contributed by atoms with Crippen LogP contribution in [0.15, 0.2) is 18.2 Å². The van der Waals surface area contributed by atoms with Gasteiger partial charge in [-0.15, -0.1) is 12.4 Å². The molecule has 0 spiro atoms. The van der Waals surface area contributed by atoms with Gasteiger partial charge in [-0.2, -0.15) is 0 Å². The maximum Gasteiger partial charge on any atom is 0.186 e. The van der Waals surface area contributed by atoms with Crippen molar-refractivity contribution in [3.63, 3.8) is 0 Å². The lowest BCUT2D eigenvalue weighted by molar-refractivity contribution is -0.109. The van der Waals surface area contributed by atoms with Gasteiger partial charge in [-0.05, 0) is 23.3 Å². The van der Waals surface area contributed by atoms with E-state index in [1.54, 1.807) is 13.8 Å². The predicted octanol–water partition coefficient (Wildman–Crippen LogP) is 3.01. The van der Waals surface area contributed by atoms with Crippen LogP contribution in [0.3, 0.4) is 0 Å². The fraction of sp³-hybridized carbons (Fsp3) is 0.429. The highest BCUT2D eigenvalue weighted by molar-refractivity contribution is 8.13. The Balaban J connectivity index is 0.00000400. The predicted molar refractivity (Wildman–Crippen MR) is 92.2 cm³/mol. The summed E-state index contributed by atoms with van der Waals surface area (Å²) in [5.74, 6) is 1.94. The molecular weight excluding hydrogens is 330 g/mol. The van der Waals surface area contributed by atoms with E-state index in [-0.39, 0.29) is 22.6 Å². The molecule has 0 aromatic heterocycles. The Bertz CT molecular complexity index is 483. The lowest BCUT2D eigenvalue weighted by atomic mass is 10.1. The van der Waals surface area contributed by atoms with Crippen molar-refractivity contribution in [1.29, 1.82) is 0 Å². The summed E-state index contributed by atoms with van der Waals surface area (Å²) in [6.07, 6.45) is 0. The summed E-state index contributed by atoms with van der Waals surface area (Å²) in [5, 5.41) is 0.155. The maximum absolute atomic E-state index is 11.1. The Labute approximate surface area is 140 Å². The summed E-state index contributed by atoms with van der Waals surface area (Å²) in [5.41, 5.74) is 7.49. The first-order chi connectivity index (χ1) is 9.52.